The minimum atomic E-state index is -0.461. The summed E-state index contributed by atoms with van der Waals surface area (Å²) in [6.45, 7) is 0. The van der Waals surface area contributed by atoms with Crippen LogP contribution in [0.15, 0.2) is 209 Å². The summed E-state index contributed by atoms with van der Waals surface area (Å²) in [6, 6.07) is 55.5. The van der Waals surface area contributed by atoms with Gasteiger partial charge in [0, 0.05) is 29.0 Å². The van der Waals surface area contributed by atoms with Gasteiger partial charge in [-0.05, 0) is 97.0 Å². The van der Waals surface area contributed by atoms with Crippen molar-refractivity contribution in [2.24, 2.45) is 15.9 Å². The molecule has 1 spiro atoms. The maximum atomic E-state index is 6.95. The second kappa shape index (κ2) is 12.8. The van der Waals surface area contributed by atoms with Crippen molar-refractivity contribution in [3.63, 3.8) is 0 Å². The summed E-state index contributed by atoms with van der Waals surface area (Å²) >= 11 is 0. The van der Waals surface area contributed by atoms with Crippen molar-refractivity contribution < 1.29 is 4.74 Å². The maximum Gasteiger partial charge on any atom is 0.155 e. The molecule has 1 N–H and O–H groups in total. The molecular weight excluding hydrogens is 731 g/mol. The molecule has 0 fully saturated rings. The maximum absolute atomic E-state index is 6.95. The second-order valence-corrected chi connectivity index (χ2v) is 16.7. The average Bonchev–Trinajstić information content (AvgIpc) is 3.80. The molecule has 2 aliphatic heterocycles. The molecule has 0 amide bonds. The molecule has 4 heteroatoms. The summed E-state index contributed by atoms with van der Waals surface area (Å²) in [7, 11) is 0. The van der Waals surface area contributed by atoms with E-state index in [2.05, 4.69) is 187 Å². The van der Waals surface area contributed by atoms with Crippen LogP contribution >= 0.6 is 0 Å². The third-order valence-corrected chi connectivity index (χ3v) is 13.6. The number of amidine groups is 2. The Labute approximate surface area is 349 Å². The third kappa shape index (κ3) is 4.79. The Kier molecular flexibility index (Phi) is 7.21. The first-order valence-corrected chi connectivity index (χ1v) is 21.2. The van der Waals surface area contributed by atoms with E-state index in [1.165, 1.54) is 83.1 Å². The van der Waals surface area contributed by atoms with Crippen LogP contribution < -0.4 is 10.1 Å². The Morgan fingerprint density at radius 1 is 0.617 bits per heavy atom. The van der Waals surface area contributed by atoms with Crippen molar-refractivity contribution in [1.82, 2.24) is 5.32 Å². The Morgan fingerprint density at radius 3 is 2.07 bits per heavy atom. The van der Waals surface area contributed by atoms with Crippen LogP contribution in [-0.2, 0) is 5.41 Å². The predicted octanol–water partition coefficient (Wildman–Crippen LogP) is 12.7. The zero-order valence-electron chi connectivity index (χ0n) is 32.9. The summed E-state index contributed by atoms with van der Waals surface area (Å²) in [6.07, 6.45) is 13.6. The Hall–Kier alpha value is -7.30. The number of nitrogens with one attached hydrogen (secondary N) is 1. The van der Waals surface area contributed by atoms with Gasteiger partial charge < -0.3 is 10.1 Å². The average molecular weight is 770 g/mol. The summed E-state index contributed by atoms with van der Waals surface area (Å²) in [4.78, 5) is 10.6. The molecule has 0 aromatic heterocycles. The molecule has 2 heterocycles. The van der Waals surface area contributed by atoms with E-state index in [0.717, 1.165) is 41.6 Å². The van der Waals surface area contributed by atoms with Gasteiger partial charge in [0.25, 0.3) is 0 Å². The highest BCUT2D eigenvalue weighted by Gasteiger charge is 2.52. The number of allylic oxidation sites excluding steroid dienone is 6. The predicted molar refractivity (Wildman–Crippen MR) is 244 cm³/mol. The molecule has 0 bridgehead atoms. The van der Waals surface area contributed by atoms with Gasteiger partial charge in [0.1, 0.15) is 23.5 Å². The lowest BCUT2D eigenvalue weighted by molar-refractivity contribution is 0.325. The number of hydrogen-bond acceptors (Lipinski definition) is 4. The molecule has 7 aromatic rings. The minimum absolute atomic E-state index is 0.0393. The van der Waals surface area contributed by atoms with Crippen LogP contribution in [0, 0.1) is 5.92 Å². The van der Waals surface area contributed by atoms with Gasteiger partial charge in [-0.15, -0.1) is 0 Å². The van der Waals surface area contributed by atoms with Gasteiger partial charge in [-0.25, -0.2) is 9.98 Å². The van der Waals surface area contributed by atoms with Crippen molar-refractivity contribution in [3.05, 3.63) is 221 Å². The minimum Gasteiger partial charge on any atom is -0.461 e. The first-order valence-electron chi connectivity index (χ1n) is 21.2. The number of ether oxygens (including phenoxy) is 1. The molecule has 284 valence electrons. The van der Waals surface area contributed by atoms with E-state index in [-0.39, 0.29) is 12.1 Å². The van der Waals surface area contributed by atoms with Crippen molar-refractivity contribution in [2.45, 2.75) is 30.8 Å². The lowest BCUT2D eigenvalue weighted by atomic mass is 9.64. The molecule has 60 heavy (non-hydrogen) atoms. The fourth-order valence-corrected chi connectivity index (χ4v) is 10.9. The van der Waals surface area contributed by atoms with Gasteiger partial charge in [0.15, 0.2) is 5.84 Å². The zero-order valence-corrected chi connectivity index (χ0v) is 32.9. The van der Waals surface area contributed by atoms with Crippen LogP contribution in [0.25, 0.3) is 55.3 Å². The summed E-state index contributed by atoms with van der Waals surface area (Å²) < 4.78 is 6.95. The number of benzene rings is 7. The molecule has 0 radical (unpaired) electrons. The molecule has 13 rings (SSSR count). The molecule has 6 aliphatic rings. The van der Waals surface area contributed by atoms with E-state index in [0.29, 0.717) is 6.42 Å². The van der Waals surface area contributed by atoms with Crippen molar-refractivity contribution >= 4 is 22.4 Å². The van der Waals surface area contributed by atoms with E-state index in [9.17, 15) is 0 Å². The number of aliphatic imine (C=N–C) groups is 2. The largest absolute Gasteiger partial charge is 0.461 e. The molecule has 2 unspecified atom stereocenters. The molecule has 4 aliphatic carbocycles. The van der Waals surface area contributed by atoms with Gasteiger partial charge in [0.2, 0.25) is 0 Å². The van der Waals surface area contributed by atoms with E-state index in [1.54, 1.807) is 0 Å². The van der Waals surface area contributed by atoms with Crippen molar-refractivity contribution in [2.75, 3.05) is 0 Å². The quantitative estimate of drug-likeness (QED) is 0.194. The van der Waals surface area contributed by atoms with Crippen LogP contribution in [0.1, 0.15) is 41.5 Å². The summed E-state index contributed by atoms with van der Waals surface area (Å²) in [5.74, 6) is 3.63. The Balaban J connectivity index is 0.852. The zero-order chi connectivity index (χ0) is 39.4. The number of fused-ring (bicyclic) bond motifs is 11. The van der Waals surface area contributed by atoms with Crippen LogP contribution in [0.3, 0.4) is 0 Å². The topological polar surface area (TPSA) is 46.0 Å². The van der Waals surface area contributed by atoms with Gasteiger partial charge in [-0.3, -0.25) is 0 Å². The number of para-hydroxylation sites is 1. The van der Waals surface area contributed by atoms with Crippen molar-refractivity contribution in [1.29, 1.82) is 0 Å². The standard InChI is InChI=1S/C56H39N3O/c1-2-12-36(13-3-1)53-57-54(37-26-24-34(25-27-37)38-28-30-40-43-18-10-14-35-15-11-19-44(52(35)43)45(40)32-38)59-55(58-53)39-29-31-49-51(33-39)60-50-23-9-8-22-48(50)56(49)46-20-6-4-16-41(46)42-17-5-7-21-47(42)56/h1-2,4-12,14-32,39,55H,3,13,33H2,(H,57,58,59). The van der Waals surface area contributed by atoms with E-state index >= 15 is 0 Å². The monoisotopic (exact) mass is 769 g/mol. The highest BCUT2D eigenvalue weighted by molar-refractivity contribution is 6.16. The SMILES string of the molecule is C1=CCCC(C2=NC(C3C=CC4=C(C3)Oc3ccccc3C43c4ccccc4-c4ccccc43)NC(c3ccc(-c4ccc5c(c4)-c4cccc6cccc-5c46)cc3)=N2)=C1. The van der Waals surface area contributed by atoms with Gasteiger partial charge in [0.05, 0.1) is 5.41 Å². The molecular formula is C56H39N3O. The second-order valence-electron chi connectivity index (χ2n) is 16.7. The van der Waals surface area contributed by atoms with Crippen LogP contribution in [0.4, 0.5) is 0 Å². The molecule has 7 aromatic carbocycles. The van der Waals surface area contributed by atoms with Crippen LogP contribution in [-0.4, -0.2) is 17.8 Å². The fraction of sp³-hybridized carbons (Fsp3) is 0.107. The van der Waals surface area contributed by atoms with E-state index < -0.39 is 5.41 Å². The van der Waals surface area contributed by atoms with E-state index in [1.807, 2.05) is 0 Å². The lowest BCUT2D eigenvalue weighted by Gasteiger charge is -2.42. The number of rotatable bonds is 4. The van der Waals surface area contributed by atoms with E-state index in [4.69, 9.17) is 14.7 Å². The molecule has 2 atom stereocenters. The first-order chi connectivity index (χ1) is 29.7. The van der Waals surface area contributed by atoms with Crippen LogP contribution in [0.2, 0.25) is 0 Å². The Bertz CT molecular complexity index is 3140. The lowest BCUT2D eigenvalue weighted by Crippen LogP contribution is -2.44. The Morgan fingerprint density at radius 2 is 1.30 bits per heavy atom. The highest BCUT2D eigenvalue weighted by atomic mass is 16.5. The highest BCUT2D eigenvalue weighted by Crippen LogP contribution is 2.61. The smallest absolute Gasteiger partial charge is 0.155 e. The van der Waals surface area contributed by atoms with Crippen molar-refractivity contribution in [3.8, 4) is 50.3 Å². The van der Waals surface area contributed by atoms with Gasteiger partial charge in [-0.2, -0.15) is 0 Å². The fourth-order valence-electron chi connectivity index (χ4n) is 10.9. The number of hydrogen-bond donors (Lipinski definition) is 1. The third-order valence-electron chi connectivity index (χ3n) is 13.6. The molecule has 0 saturated carbocycles. The van der Waals surface area contributed by atoms with Crippen LogP contribution in [0.5, 0.6) is 5.75 Å². The molecule has 0 saturated heterocycles. The first kappa shape index (κ1) is 33.6. The summed E-state index contributed by atoms with van der Waals surface area (Å²) in [5.41, 5.74) is 17.0. The molecule has 4 nitrogen and oxygen atoms in total. The van der Waals surface area contributed by atoms with Gasteiger partial charge >= 0.3 is 0 Å². The summed E-state index contributed by atoms with van der Waals surface area (Å²) in [5, 5.41) is 6.47. The number of nitrogens with zero attached hydrogens (tertiary/aromatic N) is 2. The van der Waals surface area contributed by atoms with Gasteiger partial charge in [-0.1, -0.05) is 170 Å². The normalized spacial score (nSPS) is 19.6.